The Bertz CT molecular complexity index is 848. The molecule has 3 aromatic rings. The van der Waals surface area contributed by atoms with Crippen molar-refractivity contribution >= 4 is 11.6 Å². The minimum Gasteiger partial charge on any atom is -0.506 e. The zero-order valence-corrected chi connectivity index (χ0v) is 12.9. The highest BCUT2D eigenvalue weighted by Gasteiger charge is 2.14. The number of aryl methyl sites for hydroxylation is 2. The number of benzene rings is 1. The Balaban J connectivity index is 1.72. The lowest BCUT2D eigenvalue weighted by Crippen LogP contribution is -2.11. The Kier molecular flexibility index (Phi) is 3.89. The van der Waals surface area contributed by atoms with Gasteiger partial charge in [-0.2, -0.15) is 5.10 Å². The number of nitrogens with zero attached hydrogens (tertiary/aromatic N) is 2. The largest absolute Gasteiger partial charge is 0.506 e. The molecule has 0 saturated carbocycles. The van der Waals surface area contributed by atoms with Crippen LogP contribution in [0.25, 0.3) is 0 Å². The van der Waals surface area contributed by atoms with E-state index >= 15 is 0 Å². The number of rotatable bonds is 4. The maximum atomic E-state index is 12.2. The third-order valence-electron chi connectivity index (χ3n) is 3.45. The van der Waals surface area contributed by atoms with Crippen molar-refractivity contribution < 1.29 is 14.3 Å². The molecule has 118 valence electrons. The molecule has 0 saturated heterocycles. The van der Waals surface area contributed by atoms with Crippen LogP contribution < -0.4 is 5.32 Å². The number of carbonyl (C=O) groups is 1. The van der Waals surface area contributed by atoms with Gasteiger partial charge in [-0.05, 0) is 44.2 Å². The molecule has 6 heteroatoms. The van der Waals surface area contributed by atoms with Crippen LogP contribution in [-0.2, 0) is 6.54 Å². The van der Waals surface area contributed by atoms with Gasteiger partial charge in [-0.3, -0.25) is 9.48 Å². The Morgan fingerprint density at radius 3 is 2.74 bits per heavy atom. The van der Waals surface area contributed by atoms with Gasteiger partial charge in [0.2, 0.25) is 0 Å². The Hall–Kier alpha value is -3.02. The van der Waals surface area contributed by atoms with Gasteiger partial charge in [0, 0.05) is 5.69 Å². The van der Waals surface area contributed by atoms with E-state index < -0.39 is 5.91 Å². The number of hydrogen-bond donors (Lipinski definition) is 2. The quantitative estimate of drug-likeness (QED) is 0.726. The summed E-state index contributed by atoms with van der Waals surface area (Å²) in [5.74, 6) is 0.421. The molecule has 23 heavy (non-hydrogen) atoms. The van der Waals surface area contributed by atoms with Crippen molar-refractivity contribution in [1.82, 2.24) is 9.78 Å². The molecule has 0 atom stereocenters. The maximum Gasteiger partial charge on any atom is 0.291 e. The third kappa shape index (κ3) is 3.26. The summed E-state index contributed by atoms with van der Waals surface area (Å²) >= 11 is 0. The number of hydrogen-bond acceptors (Lipinski definition) is 4. The van der Waals surface area contributed by atoms with Crippen LogP contribution >= 0.6 is 0 Å². The molecular weight excluding hydrogens is 294 g/mol. The molecule has 0 spiro atoms. The van der Waals surface area contributed by atoms with E-state index in [0.717, 1.165) is 11.4 Å². The number of furan rings is 1. The summed E-state index contributed by atoms with van der Waals surface area (Å²) < 4.78 is 7.39. The average Bonchev–Trinajstić information content (AvgIpc) is 3.09. The van der Waals surface area contributed by atoms with Gasteiger partial charge in [0.1, 0.15) is 11.5 Å². The standard InChI is InChI=1S/C17H17N3O3/c1-11-9-12(2)20(19-11)10-13-7-8-16(23-13)17(22)18-14-5-3-4-6-15(14)21/h3-9,21H,10H2,1-2H3,(H,18,22). The van der Waals surface area contributed by atoms with Crippen LogP contribution in [0.4, 0.5) is 5.69 Å². The van der Waals surface area contributed by atoms with Crippen molar-refractivity contribution in [2.45, 2.75) is 20.4 Å². The Morgan fingerprint density at radius 2 is 2.04 bits per heavy atom. The number of aromatic nitrogens is 2. The monoisotopic (exact) mass is 311 g/mol. The number of phenolic OH excluding ortho intramolecular Hbond substituents is 1. The molecule has 2 N–H and O–H groups in total. The van der Waals surface area contributed by atoms with Crippen molar-refractivity contribution in [3.63, 3.8) is 0 Å². The molecule has 0 fully saturated rings. The van der Waals surface area contributed by atoms with Gasteiger partial charge in [0.25, 0.3) is 5.91 Å². The number of amides is 1. The summed E-state index contributed by atoms with van der Waals surface area (Å²) in [6, 6.07) is 11.9. The fraction of sp³-hybridized carbons (Fsp3) is 0.176. The highest BCUT2D eigenvalue weighted by Crippen LogP contribution is 2.22. The lowest BCUT2D eigenvalue weighted by atomic mass is 10.3. The predicted octanol–water partition coefficient (Wildman–Crippen LogP) is 3.10. The first-order chi connectivity index (χ1) is 11.0. The second-order valence-corrected chi connectivity index (χ2v) is 5.32. The van der Waals surface area contributed by atoms with E-state index in [1.807, 2.05) is 24.6 Å². The zero-order chi connectivity index (χ0) is 16.4. The minimum absolute atomic E-state index is 0.00951. The van der Waals surface area contributed by atoms with Gasteiger partial charge >= 0.3 is 0 Å². The first-order valence-corrected chi connectivity index (χ1v) is 7.22. The summed E-state index contributed by atoms with van der Waals surface area (Å²) in [6.45, 7) is 4.36. The van der Waals surface area contributed by atoms with Crippen LogP contribution in [0.1, 0.15) is 27.7 Å². The van der Waals surface area contributed by atoms with Gasteiger partial charge in [-0.1, -0.05) is 12.1 Å². The lowest BCUT2D eigenvalue weighted by molar-refractivity contribution is 0.0994. The number of para-hydroxylation sites is 2. The molecule has 0 unspecified atom stereocenters. The van der Waals surface area contributed by atoms with Gasteiger partial charge in [-0.15, -0.1) is 0 Å². The van der Waals surface area contributed by atoms with E-state index in [-0.39, 0.29) is 11.5 Å². The maximum absolute atomic E-state index is 12.2. The van der Waals surface area contributed by atoms with Crippen molar-refractivity contribution in [2.75, 3.05) is 5.32 Å². The highest BCUT2D eigenvalue weighted by atomic mass is 16.4. The Labute approximate surface area is 133 Å². The first kappa shape index (κ1) is 14.9. The minimum atomic E-state index is -0.411. The molecule has 0 bridgehead atoms. The van der Waals surface area contributed by atoms with Crippen LogP contribution in [0, 0.1) is 13.8 Å². The molecule has 0 aliphatic rings. The summed E-state index contributed by atoms with van der Waals surface area (Å²) in [4.78, 5) is 12.2. The molecule has 0 aliphatic heterocycles. The summed E-state index contributed by atoms with van der Waals surface area (Å²) in [6.07, 6.45) is 0. The number of anilines is 1. The molecule has 6 nitrogen and oxygen atoms in total. The zero-order valence-electron chi connectivity index (χ0n) is 12.9. The number of aromatic hydroxyl groups is 1. The molecule has 0 radical (unpaired) electrons. The van der Waals surface area contributed by atoms with Crippen molar-refractivity contribution in [1.29, 1.82) is 0 Å². The second-order valence-electron chi connectivity index (χ2n) is 5.32. The van der Waals surface area contributed by atoms with E-state index in [1.165, 1.54) is 6.07 Å². The summed E-state index contributed by atoms with van der Waals surface area (Å²) in [5, 5.41) is 16.7. The van der Waals surface area contributed by atoms with Crippen LogP contribution in [0.2, 0.25) is 0 Å². The van der Waals surface area contributed by atoms with Crippen LogP contribution in [-0.4, -0.2) is 20.8 Å². The second kappa shape index (κ2) is 6.00. The number of carbonyl (C=O) groups excluding carboxylic acids is 1. The SMILES string of the molecule is Cc1cc(C)n(Cc2ccc(C(=O)Nc3ccccc3O)o2)n1. The van der Waals surface area contributed by atoms with E-state index in [9.17, 15) is 9.90 Å². The predicted molar refractivity (Wildman–Crippen MR) is 85.6 cm³/mol. The van der Waals surface area contributed by atoms with Crippen LogP contribution in [0.5, 0.6) is 5.75 Å². The van der Waals surface area contributed by atoms with Gasteiger partial charge in [-0.25, -0.2) is 0 Å². The Morgan fingerprint density at radius 1 is 1.26 bits per heavy atom. The van der Waals surface area contributed by atoms with Crippen molar-refractivity contribution in [3.05, 3.63) is 65.4 Å². The average molecular weight is 311 g/mol. The number of phenols is 1. The molecule has 0 aliphatic carbocycles. The lowest BCUT2D eigenvalue weighted by Gasteiger charge is -2.05. The van der Waals surface area contributed by atoms with E-state index in [1.54, 1.807) is 30.3 Å². The van der Waals surface area contributed by atoms with Gasteiger partial charge in [0.15, 0.2) is 5.76 Å². The van der Waals surface area contributed by atoms with E-state index in [4.69, 9.17) is 4.42 Å². The molecule has 1 amide bonds. The fourth-order valence-corrected chi connectivity index (χ4v) is 2.33. The topological polar surface area (TPSA) is 80.3 Å². The van der Waals surface area contributed by atoms with Crippen LogP contribution in [0.15, 0.2) is 46.9 Å². The normalized spacial score (nSPS) is 10.7. The summed E-state index contributed by atoms with van der Waals surface area (Å²) in [5.41, 5.74) is 2.31. The number of nitrogens with one attached hydrogen (secondary N) is 1. The third-order valence-corrected chi connectivity index (χ3v) is 3.45. The van der Waals surface area contributed by atoms with E-state index in [0.29, 0.717) is 18.0 Å². The van der Waals surface area contributed by atoms with Crippen molar-refractivity contribution in [3.8, 4) is 5.75 Å². The fourth-order valence-electron chi connectivity index (χ4n) is 2.33. The summed E-state index contributed by atoms with van der Waals surface area (Å²) in [7, 11) is 0. The highest BCUT2D eigenvalue weighted by molar-refractivity contribution is 6.03. The van der Waals surface area contributed by atoms with Crippen LogP contribution in [0.3, 0.4) is 0 Å². The first-order valence-electron chi connectivity index (χ1n) is 7.22. The van der Waals surface area contributed by atoms with Crippen molar-refractivity contribution in [2.24, 2.45) is 0 Å². The molecule has 2 aromatic heterocycles. The smallest absolute Gasteiger partial charge is 0.291 e. The molecule has 1 aromatic carbocycles. The molecule has 3 rings (SSSR count). The van der Waals surface area contributed by atoms with E-state index in [2.05, 4.69) is 10.4 Å². The molecule has 2 heterocycles. The van der Waals surface area contributed by atoms with Gasteiger partial charge in [0.05, 0.1) is 17.9 Å². The van der Waals surface area contributed by atoms with Gasteiger partial charge < -0.3 is 14.8 Å². The molecular formula is C17H17N3O3.